The van der Waals surface area contributed by atoms with Crippen LogP contribution >= 0.6 is 0 Å². The summed E-state index contributed by atoms with van der Waals surface area (Å²) in [5, 5.41) is 2.63. The van der Waals surface area contributed by atoms with Crippen molar-refractivity contribution in [3.05, 3.63) is 29.8 Å². The second-order valence-electron chi connectivity index (χ2n) is 5.63. The van der Waals surface area contributed by atoms with E-state index in [-0.39, 0.29) is 24.3 Å². The van der Waals surface area contributed by atoms with Crippen LogP contribution in [0, 0.1) is 5.92 Å². The number of anilines is 1. The van der Waals surface area contributed by atoms with Crippen LogP contribution in [-0.4, -0.2) is 24.3 Å². The summed E-state index contributed by atoms with van der Waals surface area (Å²) in [6.45, 7) is 1.17. The van der Waals surface area contributed by atoms with Crippen LogP contribution in [0.25, 0.3) is 0 Å². The van der Waals surface area contributed by atoms with Gasteiger partial charge in [0.2, 0.25) is 0 Å². The minimum Gasteiger partial charge on any atom is -0.455 e. The molecule has 0 radical (unpaired) electrons. The maximum absolute atomic E-state index is 11.9. The molecule has 1 aliphatic rings. The van der Waals surface area contributed by atoms with Gasteiger partial charge in [-0.1, -0.05) is 31.4 Å². The molecule has 22 heavy (non-hydrogen) atoms. The molecule has 0 aliphatic heterocycles. The Morgan fingerprint density at radius 1 is 1.18 bits per heavy atom. The maximum Gasteiger partial charge on any atom is 0.309 e. The summed E-state index contributed by atoms with van der Waals surface area (Å²) in [6.07, 6.45) is 4.95. The van der Waals surface area contributed by atoms with E-state index in [9.17, 15) is 14.4 Å². The fourth-order valence-electron chi connectivity index (χ4n) is 2.61. The molecule has 1 aromatic carbocycles. The van der Waals surface area contributed by atoms with E-state index in [4.69, 9.17) is 4.74 Å². The molecule has 0 aromatic heterocycles. The zero-order valence-corrected chi connectivity index (χ0v) is 12.8. The third kappa shape index (κ3) is 4.69. The van der Waals surface area contributed by atoms with Crippen molar-refractivity contribution in [2.75, 3.05) is 11.9 Å². The van der Waals surface area contributed by atoms with Crippen LogP contribution in [0.3, 0.4) is 0 Å². The fourth-order valence-corrected chi connectivity index (χ4v) is 2.61. The normalized spacial score (nSPS) is 15.1. The summed E-state index contributed by atoms with van der Waals surface area (Å²) in [5.74, 6) is -0.820. The molecule has 0 heterocycles. The Labute approximate surface area is 130 Å². The van der Waals surface area contributed by atoms with Gasteiger partial charge < -0.3 is 10.1 Å². The lowest BCUT2D eigenvalue weighted by Crippen LogP contribution is -2.26. The second-order valence-corrected chi connectivity index (χ2v) is 5.63. The molecule has 0 atom stereocenters. The first-order valence-electron chi connectivity index (χ1n) is 7.64. The van der Waals surface area contributed by atoms with E-state index in [1.807, 2.05) is 0 Å². The lowest BCUT2D eigenvalue weighted by Gasteiger charge is -2.19. The van der Waals surface area contributed by atoms with E-state index in [0.29, 0.717) is 11.3 Å². The van der Waals surface area contributed by atoms with E-state index in [2.05, 4.69) is 5.32 Å². The first-order valence-corrected chi connectivity index (χ1v) is 7.64. The molecule has 1 saturated carbocycles. The highest BCUT2D eigenvalue weighted by Crippen LogP contribution is 2.24. The van der Waals surface area contributed by atoms with Crippen LogP contribution in [0.4, 0.5) is 5.69 Å². The SMILES string of the molecule is CC(=O)c1cccc(NC(=O)COC(=O)C2CCCCC2)c1. The van der Waals surface area contributed by atoms with E-state index in [1.165, 1.54) is 6.92 Å². The number of hydrogen-bond acceptors (Lipinski definition) is 4. The van der Waals surface area contributed by atoms with Gasteiger partial charge in [0, 0.05) is 11.3 Å². The molecular weight excluding hydrogens is 282 g/mol. The minimum absolute atomic E-state index is 0.0670. The number of ether oxygens (including phenoxy) is 1. The Morgan fingerprint density at radius 2 is 1.91 bits per heavy atom. The summed E-state index contributed by atoms with van der Waals surface area (Å²) in [7, 11) is 0. The first kappa shape index (κ1) is 16.2. The summed E-state index contributed by atoms with van der Waals surface area (Å²) in [4.78, 5) is 35.0. The molecule has 0 spiro atoms. The van der Waals surface area contributed by atoms with Gasteiger partial charge in [-0.05, 0) is 31.9 Å². The average molecular weight is 303 g/mol. The highest BCUT2D eigenvalue weighted by molar-refractivity contribution is 5.97. The zero-order valence-electron chi connectivity index (χ0n) is 12.8. The summed E-state index contributed by atoms with van der Waals surface area (Å²) in [5.41, 5.74) is 1.04. The molecule has 0 unspecified atom stereocenters. The molecule has 1 aromatic rings. The lowest BCUT2D eigenvalue weighted by atomic mass is 9.89. The van der Waals surface area contributed by atoms with Crippen LogP contribution in [0.1, 0.15) is 49.4 Å². The number of nitrogens with one attached hydrogen (secondary N) is 1. The van der Waals surface area contributed by atoms with Gasteiger partial charge in [0.15, 0.2) is 12.4 Å². The van der Waals surface area contributed by atoms with Gasteiger partial charge in [0.05, 0.1) is 5.92 Å². The number of Topliss-reactive ketones (excluding diaryl/α,β-unsaturated/α-hetero) is 1. The van der Waals surface area contributed by atoms with Gasteiger partial charge in [0.1, 0.15) is 0 Å². The van der Waals surface area contributed by atoms with Gasteiger partial charge in [-0.15, -0.1) is 0 Å². The number of carbonyl (C=O) groups excluding carboxylic acids is 3. The van der Waals surface area contributed by atoms with Crippen LogP contribution in [-0.2, 0) is 14.3 Å². The third-order valence-electron chi connectivity index (χ3n) is 3.84. The van der Waals surface area contributed by atoms with Gasteiger partial charge in [-0.25, -0.2) is 0 Å². The number of benzene rings is 1. The van der Waals surface area contributed by atoms with Gasteiger partial charge >= 0.3 is 5.97 Å². The van der Waals surface area contributed by atoms with E-state index in [0.717, 1.165) is 32.1 Å². The van der Waals surface area contributed by atoms with E-state index < -0.39 is 5.91 Å². The molecular formula is C17H21NO4. The average Bonchev–Trinajstić information content (AvgIpc) is 2.53. The Balaban J connectivity index is 1.81. The first-order chi connectivity index (χ1) is 10.6. The smallest absolute Gasteiger partial charge is 0.309 e. The Hall–Kier alpha value is -2.17. The summed E-state index contributed by atoms with van der Waals surface area (Å²) in [6, 6.07) is 6.66. The van der Waals surface area contributed by atoms with Crippen molar-refractivity contribution >= 4 is 23.3 Å². The number of ketones is 1. The molecule has 5 heteroatoms. The van der Waals surface area contributed by atoms with E-state index >= 15 is 0 Å². The number of amides is 1. The largest absolute Gasteiger partial charge is 0.455 e. The van der Waals surface area contributed by atoms with Crippen LogP contribution < -0.4 is 5.32 Å². The van der Waals surface area contributed by atoms with Crippen LogP contribution in [0.5, 0.6) is 0 Å². The Kier molecular flexibility index (Phi) is 5.69. The fraction of sp³-hybridized carbons (Fsp3) is 0.471. The van der Waals surface area contributed by atoms with Crippen molar-refractivity contribution in [1.29, 1.82) is 0 Å². The Morgan fingerprint density at radius 3 is 2.59 bits per heavy atom. The standard InChI is InChI=1S/C17H21NO4/c1-12(19)14-8-5-9-15(10-14)18-16(20)11-22-17(21)13-6-3-2-4-7-13/h5,8-10,13H,2-4,6-7,11H2,1H3,(H,18,20). The molecule has 2 rings (SSSR count). The molecule has 0 saturated heterocycles. The molecule has 1 N–H and O–H groups in total. The van der Waals surface area contributed by atoms with Crippen molar-refractivity contribution in [1.82, 2.24) is 0 Å². The maximum atomic E-state index is 11.9. The van der Waals surface area contributed by atoms with Crippen molar-refractivity contribution in [3.63, 3.8) is 0 Å². The molecule has 1 aliphatic carbocycles. The minimum atomic E-state index is -0.398. The second kappa shape index (κ2) is 7.73. The lowest BCUT2D eigenvalue weighted by molar-refractivity contribution is -0.152. The number of hydrogen-bond donors (Lipinski definition) is 1. The zero-order chi connectivity index (χ0) is 15.9. The van der Waals surface area contributed by atoms with Gasteiger partial charge in [0.25, 0.3) is 5.91 Å². The topological polar surface area (TPSA) is 72.5 Å². The Bertz CT molecular complexity index is 562. The number of carbonyl (C=O) groups is 3. The van der Waals surface area contributed by atoms with Crippen LogP contribution in [0.2, 0.25) is 0 Å². The highest BCUT2D eigenvalue weighted by Gasteiger charge is 2.23. The third-order valence-corrected chi connectivity index (χ3v) is 3.84. The molecule has 118 valence electrons. The molecule has 1 amide bonds. The number of rotatable bonds is 5. The monoisotopic (exact) mass is 303 g/mol. The highest BCUT2D eigenvalue weighted by atomic mass is 16.5. The van der Waals surface area contributed by atoms with Crippen LogP contribution in [0.15, 0.2) is 24.3 Å². The summed E-state index contributed by atoms with van der Waals surface area (Å²) >= 11 is 0. The number of esters is 1. The van der Waals surface area contributed by atoms with Crippen molar-refractivity contribution < 1.29 is 19.1 Å². The predicted molar refractivity (Wildman–Crippen MR) is 82.6 cm³/mol. The quantitative estimate of drug-likeness (QED) is 0.670. The van der Waals surface area contributed by atoms with Gasteiger partial charge in [-0.2, -0.15) is 0 Å². The van der Waals surface area contributed by atoms with Crippen molar-refractivity contribution in [2.45, 2.75) is 39.0 Å². The van der Waals surface area contributed by atoms with Crippen molar-refractivity contribution in [2.24, 2.45) is 5.92 Å². The molecule has 0 bridgehead atoms. The molecule has 5 nitrogen and oxygen atoms in total. The summed E-state index contributed by atoms with van der Waals surface area (Å²) < 4.78 is 5.08. The predicted octanol–water partition coefficient (Wildman–Crippen LogP) is 2.95. The van der Waals surface area contributed by atoms with Gasteiger partial charge in [-0.3, -0.25) is 14.4 Å². The van der Waals surface area contributed by atoms with Crippen molar-refractivity contribution in [3.8, 4) is 0 Å². The molecule has 1 fully saturated rings. The van der Waals surface area contributed by atoms with E-state index in [1.54, 1.807) is 24.3 Å².